The zero-order valence-corrected chi connectivity index (χ0v) is 19.4. The molecule has 170 valence electrons. The zero-order chi connectivity index (χ0) is 22.6. The third-order valence-corrected chi connectivity index (χ3v) is 7.01. The van der Waals surface area contributed by atoms with Crippen LogP contribution in [0.25, 0.3) is 0 Å². The van der Waals surface area contributed by atoms with Gasteiger partial charge in [0.05, 0.1) is 6.54 Å². The van der Waals surface area contributed by atoms with Gasteiger partial charge in [0.25, 0.3) is 0 Å². The van der Waals surface area contributed by atoms with Gasteiger partial charge < -0.3 is 14.6 Å². The topological polar surface area (TPSA) is 89.0 Å². The number of ether oxygens (including phenoxy) is 2. The normalized spacial score (nSPS) is 22.1. The molecule has 1 saturated heterocycles. The number of aromatic nitrogens is 1. The SMILES string of the molecule is O=C(O)COC1(c2ccc(Br)nc2)CN(C(=O)OCc2ccccc2)C2(CCCCC2)C1. The van der Waals surface area contributed by atoms with Crippen molar-refractivity contribution in [3.63, 3.8) is 0 Å². The number of carbonyl (C=O) groups excluding carboxylic acids is 1. The summed E-state index contributed by atoms with van der Waals surface area (Å²) < 4.78 is 12.4. The molecule has 1 aliphatic heterocycles. The molecule has 2 fully saturated rings. The average molecular weight is 503 g/mol. The van der Waals surface area contributed by atoms with Crippen LogP contribution in [0.4, 0.5) is 4.79 Å². The smallest absolute Gasteiger partial charge is 0.410 e. The summed E-state index contributed by atoms with van der Waals surface area (Å²) >= 11 is 3.35. The summed E-state index contributed by atoms with van der Waals surface area (Å²) in [6.07, 6.45) is 6.66. The maximum atomic E-state index is 13.3. The second kappa shape index (κ2) is 9.58. The number of aliphatic carboxylic acids is 1. The van der Waals surface area contributed by atoms with Crippen molar-refractivity contribution in [3.8, 4) is 0 Å². The molecule has 1 saturated carbocycles. The van der Waals surface area contributed by atoms with Crippen molar-refractivity contribution in [2.24, 2.45) is 0 Å². The second-order valence-electron chi connectivity index (χ2n) is 8.63. The molecule has 1 amide bonds. The van der Waals surface area contributed by atoms with Crippen LogP contribution < -0.4 is 0 Å². The first kappa shape index (κ1) is 22.7. The summed E-state index contributed by atoms with van der Waals surface area (Å²) in [5.74, 6) is -1.04. The Kier molecular flexibility index (Phi) is 6.81. The van der Waals surface area contributed by atoms with Gasteiger partial charge in [-0.2, -0.15) is 0 Å². The number of carboxylic acids is 1. The number of carbonyl (C=O) groups is 2. The van der Waals surface area contributed by atoms with Crippen molar-refractivity contribution < 1.29 is 24.2 Å². The van der Waals surface area contributed by atoms with E-state index in [9.17, 15) is 14.7 Å². The number of nitrogens with zero attached hydrogens (tertiary/aromatic N) is 2. The van der Waals surface area contributed by atoms with E-state index in [1.807, 2.05) is 42.5 Å². The van der Waals surface area contributed by atoms with Gasteiger partial charge >= 0.3 is 12.1 Å². The minimum Gasteiger partial charge on any atom is -0.480 e. The molecular weight excluding hydrogens is 476 g/mol. The first-order chi connectivity index (χ1) is 15.4. The highest BCUT2D eigenvalue weighted by atomic mass is 79.9. The summed E-state index contributed by atoms with van der Waals surface area (Å²) in [5.41, 5.74) is 0.320. The fraction of sp³-hybridized carbons (Fsp3) is 0.458. The minimum atomic E-state index is -1.04. The van der Waals surface area contributed by atoms with Gasteiger partial charge in [-0.1, -0.05) is 55.7 Å². The van der Waals surface area contributed by atoms with Crippen LogP contribution in [-0.2, 0) is 26.5 Å². The molecule has 2 aliphatic rings. The Labute approximate surface area is 195 Å². The summed E-state index contributed by atoms with van der Waals surface area (Å²) in [5, 5.41) is 9.31. The molecule has 4 rings (SSSR count). The average Bonchev–Trinajstić information content (AvgIpc) is 3.12. The molecule has 7 nitrogen and oxygen atoms in total. The van der Waals surface area contributed by atoms with E-state index in [0.717, 1.165) is 43.2 Å². The Bertz CT molecular complexity index is 947. The molecule has 2 heterocycles. The lowest BCUT2D eigenvalue weighted by Gasteiger charge is -2.40. The number of carboxylic acid groups (broad SMARTS) is 1. The highest BCUT2D eigenvalue weighted by Crippen LogP contribution is 2.51. The van der Waals surface area contributed by atoms with Crippen molar-refractivity contribution in [1.82, 2.24) is 9.88 Å². The van der Waals surface area contributed by atoms with Gasteiger partial charge in [-0.15, -0.1) is 0 Å². The third kappa shape index (κ3) is 4.81. The number of benzene rings is 1. The van der Waals surface area contributed by atoms with E-state index in [1.165, 1.54) is 0 Å². The van der Waals surface area contributed by atoms with Gasteiger partial charge in [0.2, 0.25) is 0 Å². The standard InChI is InChI=1S/C24H27BrN2O5/c25-20-10-9-19(13-26-20)24(32-15-21(28)29)16-23(11-5-2-6-12-23)27(17-24)22(30)31-14-18-7-3-1-4-8-18/h1,3-4,7-10,13H,2,5-6,11-12,14-17H2,(H,28,29). The van der Waals surface area contributed by atoms with Crippen molar-refractivity contribution in [2.75, 3.05) is 13.2 Å². The fourth-order valence-corrected chi connectivity index (χ4v) is 5.27. The molecule has 32 heavy (non-hydrogen) atoms. The summed E-state index contributed by atoms with van der Waals surface area (Å²) in [6, 6.07) is 13.3. The molecule has 1 unspecified atom stereocenters. The maximum absolute atomic E-state index is 13.3. The van der Waals surface area contributed by atoms with E-state index in [-0.39, 0.29) is 19.2 Å². The molecule has 0 radical (unpaired) electrons. The van der Waals surface area contributed by atoms with Gasteiger partial charge in [-0.05, 0) is 40.4 Å². The van der Waals surface area contributed by atoms with Gasteiger partial charge in [0, 0.05) is 23.7 Å². The molecule has 2 aromatic rings. The highest BCUT2D eigenvalue weighted by molar-refractivity contribution is 9.10. The first-order valence-corrected chi connectivity index (χ1v) is 11.7. The molecule has 1 aromatic carbocycles. The monoisotopic (exact) mass is 502 g/mol. The molecule has 8 heteroatoms. The van der Waals surface area contributed by atoms with Crippen LogP contribution in [0.3, 0.4) is 0 Å². The van der Waals surface area contributed by atoms with Gasteiger partial charge in [-0.25, -0.2) is 14.6 Å². The predicted octanol–water partition coefficient (Wildman–Crippen LogP) is 4.89. The molecule has 1 atom stereocenters. The Hall–Kier alpha value is -2.45. The number of likely N-dealkylation sites (tertiary alicyclic amines) is 1. The number of halogens is 1. The van der Waals surface area contributed by atoms with Gasteiger partial charge in [-0.3, -0.25) is 4.90 Å². The van der Waals surface area contributed by atoms with Crippen LogP contribution >= 0.6 is 15.9 Å². The lowest BCUT2D eigenvalue weighted by molar-refractivity contribution is -0.150. The first-order valence-electron chi connectivity index (χ1n) is 10.9. The molecule has 1 spiro atoms. The maximum Gasteiger partial charge on any atom is 0.410 e. The van der Waals surface area contributed by atoms with Gasteiger partial charge in [0.15, 0.2) is 0 Å². The minimum absolute atomic E-state index is 0.190. The Morgan fingerprint density at radius 2 is 1.84 bits per heavy atom. The van der Waals surface area contributed by atoms with E-state index in [1.54, 1.807) is 11.1 Å². The molecule has 0 bridgehead atoms. The number of hydrogen-bond acceptors (Lipinski definition) is 5. The quantitative estimate of drug-likeness (QED) is 0.565. The van der Waals surface area contributed by atoms with Gasteiger partial charge in [0.1, 0.15) is 23.4 Å². The summed E-state index contributed by atoms with van der Waals surface area (Å²) in [4.78, 5) is 30.8. The Balaban J connectivity index is 1.64. The lowest BCUT2D eigenvalue weighted by atomic mass is 9.76. The number of amides is 1. The predicted molar refractivity (Wildman–Crippen MR) is 121 cm³/mol. The van der Waals surface area contributed by atoms with E-state index in [0.29, 0.717) is 11.0 Å². The van der Waals surface area contributed by atoms with E-state index in [2.05, 4.69) is 20.9 Å². The molecule has 1 aromatic heterocycles. The van der Waals surface area contributed by atoms with E-state index in [4.69, 9.17) is 9.47 Å². The van der Waals surface area contributed by atoms with Crippen molar-refractivity contribution in [3.05, 3.63) is 64.4 Å². The van der Waals surface area contributed by atoms with Crippen molar-refractivity contribution in [2.45, 2.75) is 56.3 Å². The molecule has 1 aliphatic carbocycles. The summed E-state index contributed by atoms with van der Waals surface area (Å²) in [6.45, 7) is -0.0225. The largest absolute Gasteiger partial charge is 0.480 e. The second-order valence-corrected chi connectivity index (χ2v) is 9.45. The highest BCUT2D eigenvalue weighted by Gasteiger charge is 2.57. The fourth-order valence-electron chi connectivity index (χ4n) is 5.04. The van der Waals surface area contributed by atoms with Crippen LogP contribution in [0.2, 0.25) is 0 Å². The molecule has 1 N–H and O–H groups in total. The third-order valence-electron chi connectivity index (χ3n) is 6.54. The molecular formula is C24H27BrN2O5. The van der Waals surface area contributed by atoms with Crippen LogP contribution in [-0.4, -0.2) is 45.7 Å². The summed E-state index contributed by atoms with van der Waals surface area (Å²) in [7, 11) is 0. The zero-order valence-electron chi connectivity index (χ0n) is 17.8. The van der Waals surface area contributed by atoms with Crippen LogP contribution in [0.5, 0.6) is 0 Å². The number of pyridine rings is 1. The van der Waals surface area contributed by atoms with Crippen molar-refractivity contribution in [1.29, 1.82) is 0 Å². The number of rotatable bonds is 6. The van der Waals surface area contributed by atoms with Crippen molar-refractivity contribution >= 4 is 28.0 Å². The lowest BCUT2D eigenvalue weighted by Crippen LogP contribution is -2.48. The van der Waals surface area contributed by atoms with E-state index < -0.39 is 23.7 Å². The van der Waals surface area contributed by atoms with Crippen LogP contribution in [0.15, 0.2) is 53.3 Å². The Morgan fingerprint density at radius 3 is 2.50 bits per heavy atom. The number of hydrogen-bond donors (Lipinski definition) is 1. The van der Waals surface area contributed by atoms with Crippen LogP contribution in [0, 0.1) is 0 Å². The van der Waals surface area contributed by atoms with E-state index >= 15 is 0 Å². The van der Waals surface area contributed by atoms with Crippen LogP contribution in [0.1, 0.15) is 49.7 Å². The Morgan fingerprint density at radius 1 is 1.09 bits per heavy atom.